The molecule has 4 nitrogen and oxygen atoms in total. The molecule has 1 unspecified atom stereocenters. The topological polar surface area (TPSA) is 44.4 Å². The molecule has 3 saturated heterocycles. The number of nitrogens with one attached hydrogen (secondary N) is 2. The Bertz CT molecular complexity index is 333. The molecular formula is C15H27N3O. The predicted molar refractivity (Wildman–Crippen MR) is 76.0 cm³/mol. The van der Waals surface area contributed by atoms with E-state index in [-0.39, 0.29) is 5.54 Å². The van der Waals surface area contributed by atoms with Gasteiger partial charge in [0, 0.05) is 19.6 Å². The molecule has 3 aliphatic heterocycles. The second-order valence-corrected chi connectivity index (χ2v) is 6.93. The lowest BCUT2D eigenvalue weighted by Crippen LogP contribution is -2.59. The second-order valence-electron chi connectivity index (χ2n) is 6.93. The van der Waals surface area contributed by atoms with Gasteiger partial charge >= 0.3 is 0 Å². The van der Waals surface area contributed by atoms with Gasteiger partial charge < -0.3 is 15.5 Å². The van der Waals surface area contributed by atoms with E-state index in [1.54, 1.807) is 0 Å². The number of hydrogen-bond donors (Lipinski definition) is 2. The first-order chi connectivity index (χ1) is 9.14. The van der Waals surface area contributed by atoms with Crippen LogP contribution >= 0.6 is 0 Å². The predicted octanol–water partition coefficient (Wildman–Crippen LogP) is 1.12. The van der Waals surface area contributed by atoms with Crippen molar-refractivity contribution in [1.29, 1.82) is 0 Å². The van der Waals surface area contributed by atoms with Crippen molar-refractivity contribution >= 4 is 5.91 Å². The molecule has 4 heteroatoms. The Balaban J connectivity index is 1.60. The molecule has 0 bridgehead atoms. The monoisotopic (exact) mass is 265 g/mol. The van der Waals surface area contributed by atoms with Crippen molar-refractivity contribution in [2.75, 3.05) is 32.7 Å². The molecule has 1 atom stereocenters. The standard InChI is InChI=1S/C15H27N3O/c1-14(4-2-3-8-17-14)13(19)18-10-6-15(7-11-18)5-9-16-12-15/h16-17H,2-12H2,1H3. The van der Waals surface area contributed by atoms with Crippen LogP contribution in [0.15, 0.2) is 0 Å². The summed E-state index contributed by atoms with van der Waals surface area (Å²) in [6, 6.07) is 0. The van der Waals surface area contributed by atoms with E-state index in [2.05, 4.69) is 22.5 Å². The summed E-state index contributed by atoms with van der Waals surface area (Å²) in [5.74, 6) is 0.341. The number of piperidine rings is 2. The number of rotatable bonds is 1. The Morgan fingerprint density at radius 3 is 2.42 bits per heavy atom. The van der Waals surface area contributed by atoms with Gasteiger partial charge in [-0.1, -0.05) is 0 Å². The maximum atomic E-state index is 12.7. The van der Waals surface area contributed by atoms with Gasteiger partial charge in [-0.2, -0.15) is 0 Å². The fourth-order valence-electron chi connectivity index (χ4n) is 3.99. The van der Waals surface area contributed by atoms with Gasteiger partial charge in [-0.25, -0.2) is 0 Å². The van der Waals surface area contributed by atoms with Crippen molar-refractivity contribution in [2.45, 2.75) is 51.0 Å². The van der Waals surface area contributed by atoms with Crippen LogP contribution in [0.25, 0.3) is 0 Å². The SMILES string of the molecule is CC1(C(=O)N2CCC3(CCNC3)CC2)CCCCN1. The minimum Gasteiger partial charge on any atom is -0.341 e. The molecule has 3 fully saturated rings. The van der Waals surface area contributed by atoms with E-state index >= 15 is 0 Å². The molecule has 0 aromatic rings. The molecule has 0 aromatic carbocycles. The van der Waals surface area contributed by atoms with Crippen LogP contribution in [0.3, 0.4) is 0 Å². The largest absolute Gasteiger partial charge is 0.341 e. The van der Waals surface area contributed by atoms with Gasteiger partial charge in [0.05, 0.1) is 5.54 Å². The summed E-state index contributed by atoms with van der Waals surface area (Å²) in [6.07, 6.45) is 7.04. The van der Waals surface area contributed by atoms with Crippen LogP contribution in [0, 0.1) is 5.41 Å². The fraction of sp³-hybridized carbons (Fsp3) is 0.933. The van der Waals surface area contributed by atoms with Gasteiger partial charge in [0.15, 0.2) is 0 Å². The maximum Gasteiger partial charge on any atom is 0.242 e. The third kappa shape index (κ3) is 2.52. The van der Waals surface area contributed by atoms with Crippen LogP contribution in [-0.4, -0.2) is 49.1 Å². The number of nitrogens with zero attached hydrogens (tertiary/aromatic N) is 1. The lowest BCUT2D eigenvalue weighted by Gasteiger charge is -2.43. The molecule has 2 N–H and O–H groups in total. The van der Waals surface area contributed by atoms with Gasteiger partial charge in [-0.15, -0.1) is 0 Å². The first-order valence-corrected chi connectivity index (χ1v) is 7.89. The van der Waals surface area contributed by atoms with Gasteiger partial charge in [-0.3, -0.25) is 4.79 Å². The third-order valence-electron chi connectivity index (χ3n) is 5.53. The van der Waals surface area contributed by atoms with Crippen LogP contribution in [0.1, 0.15) is 45.4 Å². The summed E-state index contributed by atoms with van der Waals surface area (Å²) in [7, 11) is 0. The molecule has 19 heavy (non-hydrogen) atoms. The molecule has 0 aliphatic carbocycles. The zero-order chi connectivity index (χ0) is 13.3. The lowest BCUT2D eigenvalue weighted by atomic mass is 9.77. The van der Waals surface area contributed by atoms with E-state index < -0.39 is 0 Å². The summed E-state index contributed by atoms with van der Waals surface area (Å²) in [5.41, 5.74) is 0.203. The van der Waals surface area contributed by atoms with Gasteiger partial charge in [0.1, 0.15) is 0 Å². The van der Waals surface area contributed by atoms with Crippen LogP contribution in [0.2, 0.25) is 0 Å². The molecule has 3 aliphatic rings. The van der Waals surface area contributed by atoms with Crippen molar-refractivity contribution < 1.29 is 4.79 Å². The smallest absolute Gasteiger partial charge is 0.242 e. The highest BCUT2D eigenvalue weighted by Crippen LogP contribution is 2.37. The van der Waals surface area contributed by atoms with E-state index in [1.807, 2.05) is 0 Å². The average molecular weight is 265 g/mol. The Morgan fingerprint density at radius 2 is 1.84 bits per heavy atom. The zero-order valence-corrected chi connectivity index (χ0v) is 12.1. The highest BCUT2D eigenvalue weighted by molar-refractivity contribution is 5.86. The summed E-state index contributed by atoms with van der Waals surface area (Å²) < 4.78 is 0. The first-order valence-electron chi connectivity index (χ1n) is 7.89. The van der Waals surface area contributed by atoms with Gasteiger partial charge in [0.25, 0.3) is 0 Å². The zero-order valence-electron chi connectivity index (χ0n) is 12.1. The van der Waals surface area contributed by atoms with Crippen molar-refractivity contribution in [3.05, 3.63) is 0 Å². The Labute approximate surface area is 116 Å². The normalized spacial score (nSPS) is 34.7. The summed E-state index contributed by atoms with van der Waals surface area (Å²) in [4.78, 5) is 14.8. The highest BCUT2D eigenvalue weighted by Gasteiger charge is 2.42. The number of hydrogen-bond acceptors (Lipinski definition) is 3. The molecule has 0 aromatic heterocycles. The van der Waals surface area contributed by atoms with Crippen LogP contribution in [0.5, 0.6) is 0 Å². The van der Waals surface area contributed by atoms with Gasteiger partial charge in [-0.05, 0) is 64.0 Å². The maximum absolute atomic E-state index is 12.7. The summed E-state index contributed by atoms with van der Waals surface area (Å²) >= 11 is 0. The molecule has 1 amide bonds. The van der Waals surface area contributed by atoms with Gasteiger partial charge in [0.2, 0.25) is 5.91 Å². The molecule has 3 heterocycles. The van der Waals surface area contributed by atoms with Crippen LogP contribution in [-0.2, 0) is 4.79 Å². The highest BCUT2D eigenvalue weighted by atomic mass is 16.2. The minimum absolute atomic E-state index is 0.295. The average Bonchev–Trinajstić information content (AvgIpc) is 2.88. The number of carbonyl (C=O) groups is 1. The first kappa shape index (κ1) is 13.4. The minimum atomic E-state index is -0.295. The number of likely N-dealkylation sites (tertiary alicyclic amines) is 1. The van der Waals surface area contributed by atoms with Crippen LogP contribution in [0.4, 0.5) is 0 Å². The summed E-state index contributed by atoms with van der Waals surface area (Å²) in [6.45, 7) is 7.31. The van der Waals surface area contributed by atoms with E-state index in [9.17, 15) is 4.79 Å². The molecule has 1 spiro atoms. The fourth-order valence-corrected chi connectivity index (χ4v) is 3.99. The van der Waals surface area contributed by atoms with E-state index in [0.717, 1.165) is 39.1 Å². The molecule has 108 valence electrons. The van der Waals surface area contributed by atoms with Crippen molar-refractivity contribution in [2.24, 2.45) is 5.41 Å². The Kier molecular flexibility index (Phi) is 3.56. The second kappa shape index (κ2) is 5.06. The Hall–Kier alpha value is -0.610. The van der Waals surface area contributed by atoms with Crippen molar-refractivity contribution in [1.82, 2.24) is 15.5 Å². The third-order valence-corrected chi connectivity index (χ3v) is 5.53. The lowest BCUT2D eigenvalue weighted by molar-refractivity contribution is -0.141. The molecule has 0 radical (unpaired) electrons. The van der Waals surface area contributed by atoms with E-state index in [1.165, 1.54) is 32.1 Å². The number of amides is 1. The summed E-state index contributed by atoms with van der Waals surface area (Å²) in [5, 5.41) is 6.93. The van der Waals surface area contributed by atoms with Crippen molar-refractivity contribution in [3.8, 4) is 0 Å². The van der Waals surface area contributed by atoms with E-state index in [4.69, 9.17) is 0 Å². The quantitative estimate of drug-likeness (QED) is 0.747. The molecule has 3 rings (SSSR count). The number of carbonyl (C=O) groups excluding carboxylic acids is 1. The molecule has 0 saturated carbocycles. The van der Waals surface area contributed by atoms with Crippen LogP contribution < -0.4 is 10.6 Å². The van der Waals surface area contributed by atoms with E-state index in [0.29, 0.717) is 11.3 Å². The Morgan fingerprint density at radius 1 is 1.05 bits per heavy atom. The van der Waals surface area contributed by atoms with Crippen molar-refractivity contribution in [3.63, 3.8) is 0 Å². The molecular weight excluding hydrogens is 238 g/mol.